The molecule has 0 amide bonds. The van der Waals surface area contributed by atoms with E-state index in [0.717, 1.165) is 42.6 Å². The number of hydrogen-bond acceptors (Lipinski definition) is 3. The van der Waals surface area contributed by atoms with Gasteiger partial charge in [0.15, 0.2) is 6.29 Å². The molecule has 2 rings (SSSR count). The quantitative estimate of drug-likeness (QED) is 0.726. The fraction of sp³-hybridized carbons (Fsp3) is 0.350. The van der Waals surface area contributed by atoms with Crippen molar-refractivity contribution in [3.63, 3.8) is 0 Å². The lowest BCUT2D eigenvalue weighted by atomic mass is 9.96. The third kappa shape index (κ3) is 4.20. The Morgan fingerprint density at radius 1 is 0.913 bits per heavy atom. The molecule has 0 aromatic heterocycles. The predicted octanol–water partition coefficient (Wildman–Crippen LogP) is 3.86. The highest BCUT2D eigenvalue weighted by molar-refractivity contribution is 5.93. The van der Waals surface area contributed by atoms with Gasteiger partial charge in [-0.05, 0) is 51.2 Å². The van der Waals surface area contributed by atoms with Crippen LogP contribution in [0.15, 0.2) is 42.5 Å². The molecule has 3 nitrogen and oxygen atoms in total. The van der Waals surface area contributed by atoms with Crippen LogP contribution in [0.4, 0.5) is 5.69 Å². The molecule has 3 heteroatoms. The second kappa shape index (κ2) is 7.93. The van der Waals surface area contributed by atoms with Crippen LogP contribution in [0.1, 0.15) is 22.3 Å². The number of rotatable bonds is 7. The third-order valence-electron chi connectivity index (χ3n) is 4.11. The van der Waals surface area contributed by atoms with Crippen molar-refractivity contribution >= 4 is 12.0 Å². The van der Waals surface area contributed by atoms with Crippen molar-refractivity contribution in [2.24, 2.45) is 0 Å². The van der Waals surface area contributed by atoms with Crippen LogP contribution < -0.4 is 4.90 Å². The van der Waals surface area contributed by atoms with Crippen molar-refractivity contribution in [1.29, 1.82) is 0 Å². The van der Waals surface area contributed by atoms with E-state index in [1.165, 1.54) is 11.1 Å². The molecule has 0 saturated heterocycles. The zero-order valence-corrected chi connectivity index (χ0v) is 14.5. The van der Waals surface area contributed by atoms with Gasteiger partial charge in [0.25, 0.3) is 0 Å². The Kier molecular flexibility index (Phi) is 5.94. The first kappa shape index (κ1) is 17.2. The van der Waals surface area contributed by atoms with Crippen LogP contribution in [0.5, 0.6) is 0 Å². The van der Waals surface area contributed by atoms with E-state index in [4.69, 9.17) is 0 Å². The van der Waals surface area contributed by atoms with Crippen molar-refractivity contribution in [3.05, 3.63) is 53.6 Å². The molecular formula is C20H26N2O. The van der Waals surface area contributed by atoms with Crippen LogP contribution in [0, 0.1) is 6.92 Å². The van der Waals surface area contributed by atoms with Crippen LogP contribution in [0.2, 0.25) is 0 Å². The number of nitrogens with zero attached hydrogens (tertiary/aromatic N) is 2. The average Bonchev–Trinajstić information content (AvgIpc) is 2.54. The third-order valence-corrected chi connectivity index (χ3v) is 4.11. The Balaban J connectivity index is 2.40. The van der Waals surface area contributed by atoms with Gasteiger partial charge in [0.2, 0.25) is 0 Å². The maximum atomic E-state index is 11.5. The van der Waals surface area contributed by atoms with Crippen molar-refractivity contribution in [1.82, 2.24) is 4.90 Å². The van der Waals surface area contributed by atoms with E-state index in [2.05, 4.69) is 56.1 Å². The molecule has 0 fully saturated rings. The Bertz CT molecular complexity index is 664. The topological polar surface area (TPSA) is 23.6 Å². The minimum Gasteiger partial charge on any atom is -0.373 e. The highest BCUT2D eigenvalue weighted by Crippen LogP contribution is 2.34. The molecule has 0 atom stereocenters. The summed E-state index contributed by atoms with van der Waals surface area (Å²) in [7, 11) is 6.23. The highest BCUT2D eigenvalue weighted by Gasteiger charge is 2.15. The number of benzene rings is 2. The van der Waals surface area contributed by atoms with Gasteiger partial charge in [-0.1, -0.05) is 36.4 Å². The standard InChI is InChI=1S/C20H26N2O/c1-16-9-5-6-11-18(16)19-12-7-10-17(15-23)20(19)22(4)14-8-13-21(2)3/h5-7,9-12,15H,8,13-14H2,1-4H3. The molecule has 0 saturated carbocycles. The first-order valence-electron chi connectivity index (χ1n) is 8.04. The average molecular weight is 310 g/mol. The molecule has 0 spiro atoms. The lowest BCUT2D eigenvalue weighted by molar-refractivity contribution is 0.112. The Labute approximate surface area is 139 Å². The largest absolute Gasteiger partial charge is 0.373 e. The lowest BCUT2D eigenvalue weighted by Gasteiger charge is -2.25. The molecule has 0 aliphatic rings. The first-order valence-corrected chi connectivity index (χ1v) is 8.04. The normalized spacial score (nSPS) is 10.8. The van der Waals surface area contributed by atoms with Gasteiger partial charge in [0.1, 0.15) is 0 Å². The van der Waals surface area contributed by atoms with Gasteiger partial charge in [0.05, 0.1) is 5.69 Å². The molecule has 23 heavy (non-hydrogen) atoms. The first-order chi connectivity index (χ1) is 11.0. The van der Waals surface area contributed by atoms with E-state index in [-0.39, 0.29) is 0 Å². The molecule has 0 N–H and O–H groups in total. The molecule has 2 aromatic rings. The number of hydrogen-bond donors (Lipinski definition) is 0. The molecule has 122 valence electrons. The van der Waals surface area contributed by atoms with Gasteiger partial charge in [-0.25, -0.2) is 0 Å². The van der Waals surface area contributed by atoms with Gasteiger partial charge in [-0.3, -0.25) is 4.79 Å². The van der Waals surface area contributed by atoms with Gasteiger partial charge < -0.3 is 9.80 Å². The number of para-hydroxylation sites is 1. The van der Waals surface area contributed by atoms with E-state index in [1.54, 1.807) is 0 Å². The molecule has 0 radical (unpaired) electrons. The van der Waals surface area contributed by atoms with Gasteiger partial charge in [-0.2, -0.15) is 0 Å². The molecular weight excluding hydrogens is 284 g/mol. The van der Waals surface area contributed by atoms with Crippen molar-refractivity contribution in [3.8, 4) is 11.1 Å². The monoisotopic (exact) mass is 310 g/mol. The minimum absolute atomic E-state index is 0.748. The summed E-state index contributed by atoms with van der Waals surface area (Å²) in [6.45, 7) is 4.06. The zero-order chi connectivity index (χ0) is 16.8. The van der Waals surface area contributed by atoms with E-state index < -0.39 is 0 Å². The molecule has 0 aliphatic carbocycles. The molecule has 0 aliphatic heterocycles. The Morgan fingerprint density at radius 3 is 2.26 bits per heavy atom. The second-order valence-electron chi connectivity index (χ2n) is 6.25. The maximum Gasteiger partial charge on any atom is 0.152 e. The van der Waals surface area contributed by atoms with E-state index in [0.29, 0.717) is 0 Å². The van der Waals surface area contributed by atoms with Crippen LogP contribution in [0.3, 0.4) is 0 Å². The molecule has 0 heterocycles. The van der Waals surface area contributed by atoms with Gasteiger partial charge >= 0.3 is 0 Å². The molecule has 0 unspecified atom stereocenters. The summed E-state index contributed by atoms with van der Waals surface area (Å²) in [5, 5.41) is 0. The number of anilines is 1. The number of carbonyl (C=O) groups excluding carboxylic acids is 1. The SMILES string of the molecule is Cc1ccccc1-c1cccc(C=O)c1N(C)CCCN(C)C. The fourth-order valence-corrected chi connectivity index (χ4v) is 2.91. The molecule has 0 bridgehead atoms. The summed E-state index contributed by atoms with van der Waals surface area (Å²) in [6.07, 6.45) is 2.02. The predicted molar refractivity (Wildman–Crippen MR) is 98.4 cm³/mol. The number of aldehydes is 1. The number of aryl methyl sites for hydroxylation is 1. The van der Waals surface area contributed by atoms with Crippen molar-refractivity contribution in [2.45, 2.75) is 13.3 Å². The second-order valence-corrected chi connectivity index (χ2v) is 6.25. The van der Waals surface area contributed by atoms with Crippen LogP contribution in [0.25, 0.3) is 11.1 Å². The summed E-state index contributed by atoms with van der Waals surface area (Å²) in [6, 6.07) is 14.3. The van der Waals surface area contributed by atoms with E-state index >= 15 is 0 Å². The summed E-state index contributed by atoms with van der Waals surface area (Å²) < 4.78 is 0. The van der Waals surface area contributed by atoms with Crippen LogP contribution in [-0.2, 0) is 0 Å². The van der Waals surface area contributed by atoms with E-state index in [1.807, 2.05) is 24.3 Å². The number of carbonyl (C=O) groups is 1. The maximum absolute atomic E-state index is 11.5. The van der Waals surface area contributed by atoms with Crippen molar-refractivity contribution < 1.29 is 4.79 Å². The highest BCUT2D eigenvalue weighted by atomic mass is 16.1. The van der Waals surface area contributed by atoms with Crippen molar-refractivity contribution in [2.75, 3.05) is 39.1 Å². The van der Waals surface area contributed by atoms with Crippen LogP contribution in [-0.4, -0.2) is 45.4 Å². The zero-order valence-electron chi connectivity index (χ0n) is 14.5. The van der Waals surface area contributed by atoms with Gasteiger partial charge in [0, 0.05) is 24.7 Å². The summed E-state index contributed by atoms with van der Waals surface area (Å²) >= 11 is 0. The van der Waals surface area contributed by atoms with Gasteiger partial charge in [-0.15, -0.1) is 0 Å². The summed E-state index contributed by atoms with van der Waals surface area (Å²) in [4.78, 5) is 15.9. The van der Waals surface area contributed by atoms with E-state index in [9.17, 15) is 4.79 Å². The summed E-state index contributed by atoms with van der Waals surface area (Å²) in [5.74, 6) is 0. The smallest absolute Gasteiger partial charge is 0.152 e. The lowest BCUT2D eigenvalue weighted by Crippen LogP contribution is -2.24. The summed E-state index contributed by atoms with van der Waals surface area (Å²) in [5.41, 5.74) is 5.30. The Morgan fingerprint density at radius 2 is 1.61 bits per heavy atom. The Hall–Kier alpha value is -2.13. The molecule has 2 aromatic carbocycles. The minimum atomic E-state index is 0.748. The van der Waals surface area contributed by atoms with Crippen LogP contribution >= 0.6 is 0 Å². The fourth-order valence-electron chi connectivity index (χ4n) is 2.91.